The zero-order chi connectivity index (χ0) is 14.2. The standard InChI is InChI=1S/C14H17BrN2O3/c1-14(2-3-16-8-14)13(18)17-10-7-12-11(6-9(10)15)19-4-5-20-12/h6-7,16H,2-5,8H2,1H3,(H,17,18). The minimum Gasteiger partial charge on any atom is -0.486 e. The highest BCUT2D eigenvalue weighted by Gasteiger charge is 2.36. The number of amides is 1. The topological polar surface area (TPSA) is 59.6 Å². The maximum Gasteiger partial charge on any atom is 0.231 e. The second-order valence-corrected chi connectivity index (χ2v) is 6.27. The first-order valence-electron chi connectivity index (χ1n) is 6.70. The van der Waals surface area contributed by atoms with Crippen molar-refractivity contribution in [1.82, 2.24) is 5.32 Å². The van der Waals surface area contributed by atoms with Gasteiger partial charge in [-0.1, -0.05) is 0 Å². The number of hydrogen-bond donors (Lipinski definition) is 2. The molecular weight excluding hydrogens is 324 g/mol. The predicted molar refractivity (Wildman–Crippen MR) is 79.4 cm³/mol. The molecule has 0 aliphatic carbocycles. The van der Waals surface area contributed by atoms with E-state index >= 15 is 0 Å². The van der Waals surface area contributed by atoms with Gasteiger partial charge in [0, 0.05) is 23.2 Å². The van der Waals surface area contributed by atoms with Crippen LogP contribution in [0.15, 0.2) is 16.6 Å². The summed E-state index contributed by atoms with van der Waals surface area (Å²) in [6, 6.07) is 3.64. The Balaban J connectivity index is 1.82. The van der Waals surface area contributed by atoms with E-state index in [0.29, 0.717) is 36.9 Å². The minimum absolute atomic E-state index is 0.0277. The van der Waals surface area contributed by atoms with E-state index < -0.39 is 0 Å². The number of hydrogen-bond acceptors (Lipinski definition) is 4. The van der Waals surface area contributed by atoms with Crippen LogP contribution < -0.4 is 20.1 Å². The molecule has 2 heterocycles. The summed E-state index contributed by atoms with van der Waals surface area (Å²) >= 11 is 3.46. The number of ether oxygens (including phenoxy) is 2. The fourth-order valence-electron chi connectivity index (χ4n) is 2.44. The molecule has 6 heteroatoms. The fourth-order valence-corrected chi connectivity index (χ4v) is 2.87. The van der Waals surface area contributed by atoms with Gasteiger partial charge >= 0.3 is 0 Å². The Labute approximate surface area is 126 Å². The molecule has 2 N–H and O–H groups in total. The lowest BCUT2D eigenvalue weighted by atomic mass is 9.89. The monoisotopic (exact) mass is 340 g/mol. The molecule has 1 unspecified atom stereocenters. The van der Waals surface area contributed by atoms with Crippen LogP contribution in [0.25, 0.3) is 0 Å². The summed E-state index contributed by atoms with van der Waals surface area (Å²) in [5.74, 6) is 1.40. The summed E-state index contributed by atoms with van der Waals surface area (Å²) in [7, 11) is 0. The molecule has 108 valence electrons. The molecule has 2 aliphatic rings. The van der Waals surface area contributed by atoms with Crippen molar-refractivity contribution < 1.29 is 14.3 Å². The lowest BCUT2D eigenvalue weighted by molar-refractivity contribution is -0.123. The van der Waals surface area contributed by atoms with Gasteiger partial charge < -0.3 is 20.1 Å². The van der Waals surface area contributed by atoms with Crippen LogP contribution in [0.1, 0.15) is 13.3 Å². The molecule has 2 aliphatic heterocycles. The highest BCUT2D eigenvalue weighted by atomic mass is 79.9. The molecule has 0 saturated carbocycles. The van der Waals surface area contributed by atoms with E-state index in [1.165, 1.54) is 0 Å². The number of carbonyl (C=O) groups excluding carboxylic acids is 1. The van der Waals surface area contributed by atoms with E-state index in [1.807, 2.05) is 19.1 Å². The maximum atomic E-state index is 12.4. The summed E-state index contributed by atoms with van der Waals surface area (Å²) in [6.45, 7) is 4.65. The molecule has 1 saturated heterocycles. The first kappa shape index (κ1) is 13.7. The van der Waals surface area contributed by atoms with Crippen LogP contribution in [-0.2, 0) is 4.79 Å². The zero-order valence-corrected chi connectivity index (χ0v) is 12.9. The van der Waals surface area contributed by atoms with Crippen molar-refractivity contribution in [2.24, 2.45) is 5.41 Å². The molecule has 1 amide bonds. The van der Waals surface area contributed by atoms with Crippen LogP contribution in [0.5, 0.6) is 11.5 Å². The van der Waals surface area contributed by atoms with Crippen LogP contribution in [0.2, 0.25) is 0 Å². The largest absolute Gasteiger partial charge is 0.486 e. The van der Waals surface area contributed by atoms with Gasteiger partial charge in [-0.05, 0) is 35.8 Å². The quantitative estimate of drug-likeness (QED) is 0.866. The van der Waals surface area contributed by atoms with Crippen molar-refractivity contribution in [2.45, 2.75) is 13.3 Å². The van der Waals surface area contributed by atoms with Crippen molar-refractivity contribution in [3.05, 3.63) is 16.6 Å². The Hall–Kier alpha value is -1.27. The van der Waals surface area contributed by atoms with Gasteiger partial charge in [-0.25, -0.2) is 0 Å². The average molecular weight is 341 g/mol. The zero-order valence-electron chi connectivity index (χ0n) is 11.3. The van der Waals surface area contributed by atoms with E-state index in [2.05, 4.69) is 26.6 Å². The lowest BCUT2D eigenvalue weighted by Gasteiger charge is -2.24. The van der Waals surface area contributed by atoms with Gasteiger partial charge in [0.15, 0.2) is 11.5 Å². The molecule has 0 spiro atoms. The van der Waals surface area contributed by atoms with Crippen LogP contribution in [0.3, 0.4) is 0 Å². The van der Waals surface area contributed by atoms with Crippen molar-refractivity contribution in [3.8, 4) is 11.5 Å². The Bertz CT molecular complexity index is 541. The molecule has 1 fully saturated rings. The van der Waals surface area contributed by atoms with Gasteiger partial charge in [0.05, 0.1) is 11.1 Å². The van der Waals surface area contributed by atoms with Crippen molar-refractivity contribution >= 4 is 27.5 Å². The van der Waals surface area contributed by atoms with Crippen molar-refractivity contribution in [3.63, 3.8) is 0 Å². The highest BCUT2D eigenvalue weighted by Crippen LogP contribution is 2.39. The van der Waals surface area contributed by atoms with Gasteiger partial charge in [0.1, 0.15) is 13.2 Å². The molecule has 0 radical (unpaired) electrons. The van der Waals surface area contributed by atoms with E-state index in [9.17, 15) is 4.79 Å². The number of carbonyl (C=O) groups is 1. The van der Waals surface area contributed by atoms with Crippen LogP contribution in [0, 0.1) is 5.41 Å². The Morgan fingerprint density at radius 2 is 2.05 bits per heavy atom. The van der Waals surface area contributed by atoms with Gasteiger partial charge in [0.25, 0.3) is 0 Å². The molecule has 1 atom stereocenters. The number of benzene rings is 1. The number of anilines is 1. The summed E-state index contributed by atoms with van der Waals surface area (Å²) in [5, 5.41) is 6.21. The minimum atomic E-state index is -0.354. The Morgan fingerprint density at radius 3 is 2.70 bits per heavy atom. The van der Waals surface area contributed by atoms with E-state index in [4.69, 9.17) is 9.47 Å². The first-order chi connectivity index (χ1) is 9.58. The third kappa shape index (κ3) is 2.50. The number of fused-ring (bicyclic) bond motifs is 1. The normalized spacial score (nSPS) is 24.5. The molecule has 1 aromatic rings. The maximum absolute atomic E-state index is 12.4. The second-order valence-electron chi connectivity index (χ2n) is 5.42. The van der Waals surface area contributed by atoms with Gasteiger partial charge in [-0.3, -0.25) is 4.79 Å². The van der Waals surface area contributed by atoms with Gasteiger partial charge in [-0.2, -0.15) is 0 Å². The summed E-state index contributed by atoms with van der Waals surface area (Å²) in [4.78, 5) is 12.4. The average Bonchev–Trinajstić information content (AvgIpc) is 2.88. The molecular formula is C14H17BrN2O3. The number of nitrogens with one attached hydrogen (secondary N) is 2. The smallest absolute Gasteiger partial charge is 0.231 e. The molecule has 0 aromatic heterocycles. The highest BCUT2D eigenvalue weighted by molar-refractivity contribution is 9.10. The number of halogens is 1. The van der Waals surface area contributed by atoms with Crippen molar-refractivity contribution in [2.75, 3.05) is 31.6 Å². The summed E-state index contributed by atoms with van der Waals surface area (Å²) in [5.41, 5.74) is 0.361. The second kappa shape index (κ2) is 5.26. The molecule has 5 nitrogen and oxygen atoms in total. The van der Waals surface area contributed by atoms with Crippen LogP contribution in [-0.4, -0.2) is 32.2 Å². The third-order valence-electron chi connectivity index (χ3n) is 3.80. The lowest BCUT2D eigenvalue weighted by Crippen LogP contribution is -2.35. The Morgan fingerprint density at radius 1 is 1.35 bits per heavy atom. The van der Waals surface area contributed by atoms with Crippen LogP contribution >= 0.6 is 15.9 Å². The molecule has 20 heavy (non-hydrogen) atoms. The summed E-state index contributed by atoms with van der Waals surface area (Å²) < 4.78 is 11.8. The third-order valence-corrected chi connectivity index (χ3v) is 4.45. The summed E-state index contributed by atoms with van der Waals surface area (Å²) in [6.07, 6.45) is 0.848. The number of rotatable bonds is 2. The molecule has 3 rings (SSSR count). The first-order valence-corrected chi connectivity index (χ1v) is 7.49. The van der Waals surface area contributed by atoms with Crippen LogP contribution in [0.4, 0.5) is 5.69 Å². The van der Waals surface area contributed by atoms with E-state index in [-0.39, 0.29) is 11.3 Å². The fraction of sp³-hybridized carbons (Fsp3) is 0.500. The van der Waals surface area contributed by atoms with E-state index in [0.717, 1.165) is 17.4 Å². The van der Waals surface area contributed by atoms with E-state index in [1.54, 1.807) is 0 Å². The SMILES string of the molecule is CC1(C(=O)Nc2cc3c(cc2Br)OCCO3)CCNC1. The van der Waals surface area contributed by atoms with Gasteiger partial charge in [0.2, 0.25) is 5.91 Å². The predicted octanol–water partition coefficient (Wildman–Crippen LogP) is 2.16. The van der Waals surface area contributed by atoms with Gasteiger partial charge in [-0.15, -0.1) is 0 Å². The molecule has 1 aromatic carbocycles. The Kier molecular flexibility index (Phi) is 3.60. The van der Waals surface area contributed by atoms with Crippen molar-refractivity contribution in [1.29, 1.82) is 0 Å². The molecule has 0 bridgehead atoms.